The smallest absolute Gasteiger partial charge is 0.326 e. The van der Waals surface area contributed by atoms with Gasteiger partial charge in [0.05, 0.1) is 12.7 Å². The Kier molecular flexibility index (Phi) is 6.20. The van der Waals surface area contributed by atoms with Gasteiger partial charge in [-0.1, -0.05) is 60.7 Å². The Balaban J connectivity index is 1.58. The van der Waals surface area contributed by atoms with Gasteiger partial charge in [-0.3, -0.25) is 4.79 Å². The summed E-state index contributed by atoms with van der Waals surface area (Å²) in [5, 5.41) is 3.10. The molecular formula is C21H25NO3. The van der Waals surface area contributed by atoms with Gasteiger partial charge in [-0.25, -0.2) is 0 Å². The van der Waals surface area contributed by atoms with Crippen LogP contribution >= 0.6 is 0 Å². The third-order valence-corrected chi connectivity index (χ3v) is 4.49. The largest absolute Gasteiger partial charge is 0.460 e. The Morgan fingerprint density at radius 1 is 1.00 bits per heavy atom. The molecule has 0 unspecified atom stereocenters. The molecule has 2 aromatic carbocycles. The number of benzene rings is 2. The van der Waals surface area contributed by atoms with Crippen LogP contribution in [0.1, 0.15) is 24.0 Å². The topological polar surface area (TPSA) is 47.6 Å². The molecule has 1 fully saturated rings. The number of likely N-dealkylation sites (N-methyl/N-ethyl adjacent to an activating group) is 1. The molecule has 3 rings (SSSR count). The average molecular weight is 339 g/mol. The predicted octanol–water partition coefficient (Wildman–Crippen LogP) is 3.31. The molecule has 1 N–H and O–H groups in total. The minimum Gasteiger partial charge on any atom is -0.460 e. The maximum Gasteiger partial charge on any atom is 0.326 e. The first kappa shape index (κ1) is 17.6. The van der Waals surface area contributed by atoms with Gasteiger partial charge in [-0.05, 0) is 36.9 Å². The van der Waals surface area contributed by atoms with Crippen molar-refractivity contribution in [3.8, 4) is 0 Å². The lowest BCUT2D eigenvalue weighted by molar-refractivity contribution is -0.153. The molecule has 1 saturated carbocycles. The number of rotatable bonds is 9. The molecule has 0 saturated heterocycles. The van der Waals surface area contributed by atoms with E-state index < -0.39 is 6.04 Å². The second-order valence-electron chi connectivity index (χ2n) is 6.46. The van der Waals surface area contributed by atoms with Crippen LogP contribution in [0.4, 0.5) is 0 Å². The first-order chi connectivity index (χ1) is 12.3. The molecule has 2 atom stereocenters. The van der Waals surface area contributed by atoms with Gasteiger partial charge in [0.2, 0.25) is 0 Å². The molecule has 4 heteroatoms. The van der Waals surface area contributed by atoms with Crippen LogP contribution in [0, 0.1) is 5.92 Å². The van der Waals surface area contributed by atoms with Crippen molar-refractivity contribution in [3.63, 3.8) is 0 Å². The van der Waals surface area contributed by atoms with E-state index in [1.807, 2.05) is 60.7 Å². The number of hydrogen-bond acceptors (Lipinski definition) is 4. The second-order valence-corrected chi connectivity index (χ2v) is 6.46. The summed E-state index contributed by atoms with van der Waals surface area (Å²) in [6.07, 6.45) is 2.04. The van der Waals surface area contributed by atoms with E-state index >= 15 is 0 Å². The monoisotopic (exact) mass is 339 g/mol. The van der Waals surface area contributed by atoms with E-state index in [2.05, 4.69) is 5.32 Å². The molecule has 0 aromatic heterocycles. The van der Waals surface area contributed by atoms with Crippen LogP contribution in [-0.4, -0.2) is 25.2 Å². The molecule has 0 heterocycles. The summed E-state index contributed by atoms with van der Waals surface area (Å²) in [5.41, 5.74) is 2.10. The van der Waals surface area contributed by atoms with Gasteiger partial charge in [0.15, 0.2) is 0 Å². The summed E-state index contributed by atoms with van der Waals surface area (Å²) in [6.45, 7) is 0.792. The highest BCUT2D eigenvalue weighted by Gasteiger charge is 2.41. The Bertz CT molecular complexity index is 655. The summed E-state index contributed by atoms with van der Waals surface area (Å²) in [4.78, 5) is 12.6. The molecule has 2 aromatic rings. The molecule has 1 aliphatic carbocycles. The summed E-state index contributed by atoms with van der Waals surface area (Å²) < 4.78 is 11.6. The van der Waals surface area contributed by atoms with E-state index in [1.54, 1.807) is 7.05 Å². The van der Waals surface area contributed by atoms with Gasteiger partial charge in [0, 0.05) is 0 Å². The van der Waals surface area contributed by atoms with Crippen molar-refractivity contribution < 1.29 is 14.3 Å². The second kappa shape index (κ2) is 8.79. The zero-order valence-corrected chi connectivity index (χ0v) is 14.6. The number of hydrogen-bond donors (Lipinski definition) is 1. The summed E-state index contributed by atoms with van der Waals surface area (Å²) >= 11 is 0. The molecule has 0 radical (unpaired) electrons. The number of ether oxygens (including phenoxy) is 2. The van der Waals surface area contributed by atoms with Gasteiger partial charge in [0.1, 0.15) is 12.6 Å². The Labute approximate surface area is 149 Å². The van der Waals surface area contributed by atoms with Gasteiger partial charge < -0.3 is 14.8 Å². The fraction of sp³-hybridized carbons (Fsp3) is 0.381. The lowest BCUT2D eigenvalue weighted by atomic mass is 10.1. The van der Waals surface area contributed by atoms with Crippen molar-refractivity contribution in [3.05, 3.63) is 71.8 Å². The summed E-state index contributed by atoms with van der Waals surface area (Å²) in [5.74, 6) is 0.168. The number of carbonyl (C=O) groups is 1. The van der Waals surface area contributed by atoms with Crippen LogP contribution in [0.25, 0.3) is 0 Å². The lowest BCUT2D eigenvalue weighted by Crippen LogP contribution is -2.47. The maximum atomic E-state index is 12.6. The molecular weight excluding hydrogens is 314 g/mol. The van der Waals surface area contributed by atoms with Crippen molar-refractivity contribution in [2.45, 2.75) is 38.2 Å². The van der Waals surface area contributed by atoms with Crippen molar-refractivity contribution in [1.82, 2.24) is 5.32 Å². The lowest BCUT2D eigenvalue weighted by Gasteiger charge is -2.25. The zero-order chi connectivity index (χ0) is 17.5. The van der Waals surface area contributed by atoms with E-state index in [0.717, 1.165) is 24.0 Å². The Hall–Kier alpha value is -2.17. The molecule has 1 aliphatic rings. The van der Waals surface area contributed by atoms with E-state index in [0.29, 0.717) is 12.5 Å². The summed E-state index contributed by atoms with van der Waals surface area (Å²) in [7, 11) is 1.79. The molecule has 132 valence electrons. The SMILES string of the molecule is CN[C@@H](C(=O)OCc1ccccc1)[C@H](OCc1ccccc1)C1CC1. The third-order valence-electron chi connectivity index (χ3n) is 4.49. The fourth-order valence-electron chi connectivity index (χ4n) is 2.93. The highest BCUT2D eigenvalue weighted by Crippen LogP contribution is 2.36. The zero-order valence-electron chi connectivity index (χ0n) is 14.6. The molecule has 0 aliphatic heterocycles. The Morgan fingerprint density at radius 2 is 1.56 bits per heavy atom. The van der Waals surface area contributed by atoms with Crippen molar-refractivity contribution in [2.24, 2.45) is 5.92 Å². The van der Waals surface area contributed by atoms with E-state index in [-0.39, 0.29) is 18.7 Å². The number of carbonyl (C=O) groups excluding carboxylic acids is 1. The van der Waals surface area contributed by atoms with Crippen LogP contribution in [0.2, 0.25) is 0 Å². The first-order valence-electron chi connectivity index (χ1n) is 8.81. The average Bonchev–Trinajstić information content (AvgIpc) is 3.50. The van der Waals surface area contributed by atoms with E-state index in [9.17, 15) is 4.79 Å². The standard InChI is InChI=1S/C21H25NO3/c1-22-19(21(23)25-15-17-10-6-3-7-11-17)20(18-12-13-18)24-14-16-8-4-2-5-9-16/h2-11,18-20,22H,12-15H2,1H3/t19-,20-/m1/s1. The van der Waals surface area contributed by atoms with Crippen LogP contribution in [0.5, 0.6) is 0 Å². The van der Waals surface area contributed by atoms with Crippen LogP contribution in [-0.2, 0) is 27.5 Å². The van der Waals surface area contributed by atoms with Crippen LogP contribution in [0.3, 0.4) is 0 Å². The van der Waals surface area contributed by atoms with Crippen molar-refractivity contribution >= 4 is 5.97 Å². The van der Waals surface area contributed by atoms with Gasteiger partial charge >= 0.3 is 5.97 Å². The molecule has 25 heavy (non-hydrogen) atoms. The first-order valence-corrected chi connectivity index (χ1v) is 8.81. The van der Waals surface area contributed by atoms with E-state index in [1.165, 1.54) is 0 Å². The van der Waals surface area contributed by atoms with Crippen LogP contribution < -0.4 is 5.32 Å². The molecule has 0 amide bonds. The van der Waals surface area contributed by atoms with E-state index in [4.69, 9.17) is 9.47 Å². The Morgan fingerprint density at radius 3 is 2.08 bits per heavy atom. The molecule has 4 nitrogen and oxygen atoms in total. The van der Waals surface area contributed by atoms with Crippen molar-refractivity contribution in [1.29, 1.82) is 0 Å². The normalized spacial score (nSPS) is 16.2. The van der Waals surface area contributed by atoms with Gasteiger partial charge in [-0.2, -0.15) is 0 Å². The highest BCUT2D eigenvalue weighted by molar-refractivity contribution is 5.76. The van der Waals surface area contributed by atoms with Gasteiger partial charge in [-0.15, -0.1) is 0 Å². The number of nitrogens with one attached hydrogen (secondary N) is 1. The summed E-state index contributed by atoms with van der Waals surface area (Å²) in [6, 6.07) is 19.3. The van der Waals surface area contributed by atoms with Crippen molar-refractivity contribution in [2.75, 3.05) is 7.05 Å². The molecule has 0 spiro atoms. The minimum absolute atomic E-state index is 0.159. The number of esters is 1. The third kappa shape index (κ3) is 5.15. The molecule has 0 bridgehead atoms. The maximum absolute atomic E-state index is 12.6. The minimum atomic E-state index is -0.445. The highest BCUT2D eigenvalue weighted by atomic mass is 16.5. The fourth-order valence-corrected chi connectivity index (χ4v) is 2.93. The van der Waals surface area contributed by atoms with Gasteiger partial charge in [0.25, 0.3) is 0 Å². The van der Waals surface area contributed by atoms with Crippen LogP contribution in [0.15, 0.2) is 60.7 Å². The predicted molar refractivity (Wildman–Crippen MR) is 96.8 cm³/mol. The quantitative estimate of drug-likeness (QED) is 0.712.